The van der Waals surface area contributed by atoms with Gasteiger partial charge in [-0.3, -0.25) is 24.0 Å². The van der Waals surface area contributed by atoms with Gasteiger partial charge in [0.1, 0.15) is 23.9 Å². The summed E-state index contributed by atoms with van der Waals surface area (Å²) < 4.78 is 0. The number of aromatic hydroxyl groups is 1. The molecule has 1 aromatic carbocycles. The molecule has 0 aliphatic carbocycles. The highest BCUT2D eigenvalue weighted by Gasteiger charge is 2.31. The van der Waals surface area contributed by atoms with Crippen molar-refractivity contribution in [3.8, 4) is 5.75 Å². The first kappa shape index (κ1) is 30.8. The third-order valence-electron chi connectivity index (χ3n) is 5.34. The van der Waals surface area contributed by atoms with Crippen molar-refractivity contribution in [2.45, 2.75) is 63.7 Å². The van der Waals surface area contributed by atoms with Crippen molar-refractivity contribution in [3.05, 3.63) is 29.8 Å². The first-order valence-corrected chi connectivity index (χ1v) is 11.4. The Hall–Kier alpha value is -4.20. The van der Waals surface area contributed by atoms with Crippen LogP contribution in [0.1, 0.15) is 38.7 Å². The lowest BCUT2D eigenvalue weighted by Gasteiger charge is -2.25. The van der Waals surface area contributed by atoms with Gasteiger partial charge in [0.2, 0.25) is 23.6 Å². The van der Waals surface area contributed by atoms with Crippen LogP contribution in [-0.2, 0) is 35.2 Å². The number of aliphatic carboxylic acids is 2. The Morgan fingerprint density at radius 2 is 1.35 bits per heavy atom. The van der Waals surface area contributed by atoms with Gasteiger partial charge in [0.15, 0.2) is 0 Å². The molecule has 0 radical (unpaired) electrons. The van der Waals surface area contributed by atoms with E-state index in [1.807, 2.05) is 5.32 Å². The minimum Gasteiger partial charge on any atom is -0.508 e. The fourth-order valence-corrected chi connectivity index (χ4v) is 3.12. The van der Waals surface area contributed by atoms with Crippen LogP contribution in [0.2, 0.25) is 0 Å². The molecule has 0 aromatic heterocycles. The van der Waals surface area contributed by atoms with Crippen LogP contribution >= 0.6 is 0 Å². The largest absolute Gasteiger partial charge is 0.508 e. The maximum atomic E-state index is 13.2. The van der Waals surface area contributed by atoms with Gasteiger partial charge in [-0.2, -0.15) is 0 Å². The standard InChI is InChI=1S/C23H33N5O9/c1-11(2)19(25)22(35)27-15(9-12-3-5-13(29)6-4-12)21(34)26-14(7-8-17(24)30)20(33)28-16(23(36)37)10-18(31)32/h3-6,11,14-16,19,29H,7-10,25H2,1-2H3,(H2,24,30)(H,26,34)(H,27,35)(H,28,33)(H,31,32)(H,36,37). The Bertz CT molecular complexity index is 997. The summed E-state index contributed by atoms with van der Waals surface area (Å²) >= 11 is 0. The Labute approximate surface area is 212 Å². The van der Waals surface area contributed by atoms with Crippen molar-refractivity contribution < 1.29 is 44.1 Å². The predicted molar refractivity (Wildman–Crippen MR) is 129 cm³/mol. The predicted octanol–water partition coefficient (Wildman–Crippen LogP) is -1.80. The van der Waals surface area contributed by atoms with Gasteiger partial charge in [0.25, 0.3) is 0 Å². The maximum absolute atomic E-state index is 13.2. The normalized spacial score (nSPS) is 14.1. The van der Waals surface area contributed by atoms with Gasteiger partial charge >= 0.3 is 11.9 Å². The molecule has 37 heavy (non-hydrogen) atoms. The van der Waals surface area contributed by atoms with E-state index in [1.54, 1.807) is 13.8 Å². The molecule has 0 bridgehead atoms. The number of phenols is 1. The van der Waals surface area contributed by atoms with Crippen molar-refractivity contribution in [1.82, 2.24) is 16.0 Å². The van der Waals surface area contributed by atoms with Crippen LogP contribution in [0.25, 0.3) is 0 Å². The highest BCUT2D eigenvalue weighted by molar-refractivity contribution is 5.95. The molecule has 1 aromatic rings. The van der Waals surface area contributed by atoms with Gasteiger partial charge in [-0.25, -0.2) is 4.79 Å². The third-order valence-corrected chi connectivity index (χ3v) is 5.34. The number of nitrogens with two attached hydrogens (primary N) is 2. The van der Waals surface area contributed by atoms with E-state index in [-0.39, 0.29) is 30.9 Å². The van der Waals surface area contributed by atoms with Crippen LogP contribution in [0.15, 0.2) is 24.3 Å². The molecule has 4 atom stereocenters. The zero-order valence-corrected chi connectivity index (χ0v) is 20.5. The van der Waals surface area contributed by atoms with Crippen LogP contribution in [0, 0.1) is 5.92 Å². The molecule has 1 rings (SSSR count). The molecule has 10 N–H and O–H groups in total. The van der Waals surface area contributed by atoms with E-state index in [9.17, 15) is 39.0 Å². The molecular formula is C23H33N5O9. The summed E-state index contributed by atoms with van der Waals surface area (Å²) in [6, 6.07) is 0.322. The molecular weight excluding hydrogens is 490 g/mol. The zero-order chi connectivity index (χ0) is 28.3. The summed E-state index contributed by atoms with van der Waals surface area (Å²) in [4.78, 5) is 72.1. The number of carboxylic acids is 2. The molecule has 204 valence electrons. The van der Waals surface area contributed by atoms with Gasteiger partial charge in [0, 0.05) is 12.8 Å². The molecule has 14 nitrogen and oxygen atoms in total. The monoisotopic (exact) mass is 523 g/mol. The lowest BCUT2D eigenvalue weighted by atomic mass is 10.0. The van der Waals surface area contributed by atoms with Crippen LogP contribution in [0.3, 0.4) is 0 Å². The second-order valence-corrected chi connectivity index (χ2v) is 8.76. The van der Waals surface area contributed by atoms with Crippen molar-refractivity contribution in [3.63, 3.8) is 0 Å². The van der Waals surface area contributed by atoms with Crippen molar-refractivity contribution in [2.24, 2.45) is 17.4 Å². The Kier molecular flexibility index (Phi) is 12.0. The highest BCUT2D eigenvalue weighted by Crippen LogP contribution is 2.12. The Morgan fingerprint density at radius 3 is 1.84 bits per heavy atom. The summed E-state index contributed by atoms with van der Waals surface area (Å²) in [5, 5.41) is 34.5. The molecule has 0 spiro atoms. The van der Waals surface area contributed by atoms with E-state index >= 15 is 0 Å². The van der Waals surface area contributed by atoms with E-state index in [2.05, 4.69) is 10.6 Å². The summed E-state index contributed by atoms with van der Waals surface area (Å²) in [5.74, 6) is -6.73. The maximum Gasteiger partial charge on any atom is 0.326 e. The molecule has 0 fully saturated rings. The number of rotatable bonds is 15. The van der Waals surface area contributed by atoms with Gasteiger partial charge in [-0.15, -0.1) is 0 Å². The molecule has 4 unspecified atom stereocenters. The van der Waals surface area contributed by atoms with Crippen molar-refractivity contribution in [1.29, 1.82) is 0 Å². The number of hydrogen-bond donors (Lipinski definition) is 8. The highest BCUT2D eigenvalue weighted by atomic mass is 16.4. The number of nitrogens with one attached hydrogen (secondary N) is 3. The van der Waals surface area contributed by atoms with Crippen LogP contribution in [-0.4, -0.2) is 75.1 Å². The molecule has 0 saturated heterocycles. The smallest absolute Gasteiger partial charge is 0.326 e. The van der Waals surface area contributed by atoms with E-state index < -0.39 is 66.2 Å². The van der Waals surface area contributed by atoms with Gasteiger partial charge in [0.05, 0.1) is 12.5 Å². The van der Waals surface area contributed by atoms with Gasteiger partial charge < -0.3 is 42.7 Å². The van der Waals surface area contributed by atoms with Crippen LogP contribution in [0.5, 0.6) is 5.75 Å². The van der Waals surface area contributed by atoms with Crippen molar-refractivity contribution >= 4 is 35.6 Å². The fourth-order valence-electron chi connectivity index (χ4n) is 3.12. The van der Waals surface area contributed by atoms with Gasteiger partial charge in [-0.05, 0) is 30.0 Å². The lowest BCUT2D eigenvalue weighted by Crippen LogP contribution is -2.58. The molecule has 0 aliphatic heterocycles. The number of amides is 4. The Morgan fingerprint density at radius 1 is 0.838 bits per heavy atom. The van der Waals surface area contributed by atoms with E-state index in [1.165, 1.54) is 24.3 Å². The lowest BCUT2D eigenvalue weighted by molar-refractivity contribution is -0.147. The summed E-state index contributed by atoms with van der Waals surface area (Å²) in [5.41, 5.74) is 11.6. The number of carboxylic acid groups (broad SMARTS) is 2. The molecule has 4 amide bonds. The van der Waals surface area contributed by atoms with Crippen LogP contribution < -0.4 is 27.4 Å². The van der Waals surface area contributed by atoms with Gasteiger partial charge in [-0.1, -0.05) is 26.0 Å². The third kappa shape index (κ3) is 10.9. The van der Waals surface area contributed by atoms with E-state index in [0.717, 1.165) is 0 Å². The van der Waals surface area contributed by atoms with E-state index in [4.69, 9.17) is 16.6 Å². The summed E-state index contributed by atoms with van der Waals surface area (Å²) in [7, 11) is 0. The summed E-state index contributed by atoms with van der Waals surface area (Å²) in [6.07, 6.45) is -1.67. The average Bonchev–Trinajstić information content (AvgIpc) is 2.80. The molecule has 0 saturated carbocycles. The topological polar surface area (TPSA) is 251 Å². The number of phenolic OH excluding ortho intramolecular Hbond substituents is 1. The second-order valence-electron chi connectivity index (χ2n) is 8.76. The number of benzene rings is 1. The quantitative estimate of drug-likeness (QED) is 0.128. The number of carbonyl (C=O) groups excluding carboxylic acids is 4. The van der Waals surface area contributed by atoms with E-state index in [0.29, 0.717) is 5.56 Å². The number of hydrogen-bond acceptors (Lipinski definition) is 8. The first-order valence-electron chi connectivity index (χ1n) is 11.4. The number of primary amides is 1. The SMILES string of the molecule is CC(C)C(N)C(=O)NC(Cc1ccc(O)cc1)C(=O)NC(CCC(N)=O)C(=O)NC(CC(=O)O)C(=O)O. The Balaban J connectivity index is 3.18. The minimum atomic E-state index is -1.80. The fraction of sp³-hybridized carbons (Fsp3) is 0.478. The second kappa shape index (κ2) is 14.4. The zero-order valence-electron chi connectivity index (χ0n) is 20.5. The molecule has 0 heterocycles. The first-order chi connectivity index (χ1) is 17.2. The number of carbonyl (C=O) groups is 6. The van der Waals surface area contributed by atoms with Crippen LogP contribution in [0.4, 0.5) is 0 Å². The minimum absolute atomic E-state index is 0.0202. The average molecular weight is 524 g/mol. The molecule has 14 heteroatoms. The summed E-state index contributed by atoms with van der Waals surface area (Å²) in [6.45, 7) is 3.42. The van der Waals surface area contributed by atoms with Crippen molar-refractivity contribution in [2.75, 3.05) is 0 Å². The molecule has 0 aliphatic rings.